The van der Waals surface area contributed by atoms with Crippen molar-refractivity contribution in [2.45, 2.75) is 57.0 Å². The number of carbonyl (C=O) groups excluding carboxylic acids is 1. The summed E-state index contributed by atoms with van der Waals surface area (Å²) in [6, 6.07) is 5.01. The summed E-state index contributed by atoms with van der Waals surface area (Å²) in [5.41, 5.74) is -1.14. The Morgan fingerprint density at radius 1 is 1.07 bits per heavy atom. The lowest BCUT2D eigenvalue weighted by Gasteiger charge is -2.31. The summed E-state index contributed by atoms with van der Waals surface area (Å²) in [5, 5.41) is 10.8. The number of aromatic nitrogens is 2. The van der Waals surface area contributed by atoms with Crippen molar-refractivity contribution in [3.63, 3.8) is 0 Å². The first-order chi connectivity index (χ1) is 13.9. The van der Waals surface area contributed by atoms with Crippen LogP contribution >= 0.6 is 11.3 Å². The molecule has 2 heterocycles. The predicted molar refractivity (Wildman–Crippen MR) is 105 cm³/mol. The quantitative estimate of drug-likeness (QED) is 0.670. The van der Waals surface area contributed by atoms with Gasteiger partial charge in [-0.1, -0.05) is 37.8 Å². The molecule has 29 heavy (non-hydrogen) atoms. The van der Waals surface area contributed by atoms with Crippen molar-refractivity contribution in [1.82, 2.24) is 15.1 Å². The Kier molecular flexibility index (Phi) is 5.90. The fourth-order valence-corrected chi connectivity index (χ4v) is 5.52. The maximum Gasteiger partial charge on any atom is 0.417 e. The summed E-state index contributed by atoms with van der Waals surface area (Å²) in [6.07, 6.45) is 3.04. The normalized spacial score (nSPS) is 19.1. The minimum absolute atomic E-state index is 0.228. The number of hydrogen-bond acceptors (Lipinski definition) is 4. The fraction of sp³-hybridized carbons (Fsp3) is 0.571. The van der Waals surface area contributed by atoms with E-state index in [1.54, 1.807) is 11.3 Å². The number of piperidine rings is 1. The minimum atomic E-state index is -4.53. The van der Waals surface area contributed by atoms with E-state index in [0.29, 0.717) is 25.9 Å². The summed E-state index contributed by atoms with van der Waals surface area (Å²) in [5.74, 6) is 0.409. The second-order valence-corrected chi connectivity index (χ2v) is 9.09. The lowest BCUT2D eigenvalue weighted by Crippen LogP contribution is -2.38. The van der Waals surface area contributed by atoms with Crippen molar-refractivity contribution in [1.29, 1.82) is 0 Å². The number of hydrogen-bond donors (Lipinski definition) is 0. The SMILES string of the molecule is O=C(c1ccccc1C(F)(F)F)N1CCC(c2nnc(CC3CCCC3)s2)CC1. The van der Waals surface area contributed by atoms with Crippen molar-refractivity contribution in [3.8, 4) is 0 Å². The van der Waals surface area contributed by atoms with Gasteiger partial charge in [-0.25, -0.2) is 0 Å². The summed E-state index contributed by atoms with van der Waals surface area (Å²) in [6.45, 7) is 0.875. The molecular weight excluding hydrogens is 399 g/mol. The van der Waals surface area contributed by atoms with Gasteiger partial charge in [0.05, 0.1) is 11.1 Å². The predicted octanol–water partition coefficient (Wildman–Crippen LogP) is 5.31. The van der Waals surface area contributed by atoms with Crippen molar-refractivity contribution >= 4 is 17.2 Å². The van der Waals surface area contributed by atoms with Crippen LogP contribution in [0.5, 0.6) is 0 Å². The van der Waals surface area contributed by atoms with Crippen molar-refractivity contribution < 1.29 is 18.0 Å². The number of halogens is 3. The molecule has 8 heteroatoms. The summed E-state index contributed by atoms with van der Waals surface area (Å²) >= 11 is 1.66. The lowest BCUT2D eigenvalue weighted by atomic mass is 9.96. The maximum absolute atomic E-state index is 13.2. The highest BCUT2D eigenvalue weighted by molar-refractivity contribution is 7.11. The second-order valence-electron chi connectivity index (χ2n) is 8.00. The van der Waals surface area contributed by atoms with Crippen LogP contribution in [0, 0.1) is 5.92 Å². The Hall–Kier alpha value is -1.96. The molecule has 0 atom stereocenters. The third kappa shape index (κ3) is 4.63. The Morgan fingerprint density at radius 2 is 1.76 bits per heavy atom. The largest absolute Gasteiger partial charge is 0.417 e. The third-order valence-corrected chi connectivity index (χ3v) is 7.12. The molecule has 4 rings (SSSR count). The Morgan fingerprint density at radius 3 is 2.45 bits per heavy atom. The van der Waals surface area contributed by atoms with Gasteiger partial charge in [-0.3, -0.25) is 4.79 Å². The van der Waals surface area contributed by atoms with Gasteiger partial charge in [-0.2, -0.15) is 13.2 Å². The molecule has 1 aromatic carbocycles. The van der Waals surface area contributed by atoms with Gasteiger partial charge in [-0.05, 0) is 30.9 Å². The van der Waals surface area contributed by atoms with Crippen LogP contribution in [-0.4, -0.2) is 34.1 Å². The van der Waals surface area contributed by atoms with Crippen LogP contribution in [0.1, 0.15) is 70.4 Å². The van der Waals surface area contributed by atoms with Gasteiger partial charge in [0, 0.05) is 25.4 Å². The highest BCUT2D eigenvalue weighted by Gasteiger charge is 2.36. The lowest BCUT2D eigenvalue weighted by molar-refractivity contribution is -0.138. The van der Waals surface area contributed by atoms with E-state index in [2.05, 4.69) is 10.2 Å². The Labute approximate surface area is 172 Å². The van der Waals surface area contributed by atoms with Gasteiger partial charge in [0.25, 0.3) is 5.91 Å². The molecule has 4 nitrogen and oxygen atoms in total. The molecule has 1 aliphatic carbocycles. The van der Waals surface area contributed by atoms with Gasteiger partial charge >= 0.3 is 6.18 Å². The average Bonchev–Trinajstić information content (AvgIpc) is 3.39. The molecule has 2 aromatic rings. The second kappa shape index (κ2) is 8.42. The van der Waals surface area contributed by atoms with Crippen LogP contribution in [0.3, 0.4) is 0 Å². The van der Waals surface area contributed by atoms with Crippen LogP contribution < -0.4 is 0 Å². The van der Waals surface area contributed by atoms with E-state index in [9.17, 15) is 18.0 Å². The van der Waals surface area contributed by atoms with Gasteiger partial charge < -0.3 is 4.90 Å². The monoisotopic (exact) mass is 423 g/mol. The first kappa shape index (κ1) is 20.3. The van der Waals surface area contributed by atoms with E-state index in [1.165, 1.54) is 48.8 Å². The standard InChI is InChI=1S/C21H24F3N3OS/c22-21(23,24)17-8-4-3-7-16(17)20(28)27-11-9-15(10-12-27)19-26-25-18(29-19)13-14-5-1-2-6-14/h3-4,7-8,14-15H,1-2,5-6,9-13H2. The molecule has 1 amide bonds. The zero-order valence-corrected chi connectivity index (χ0v) is 16.9. The average molecular weight is 424 g/mol. The number of nitrogens with zero attached hydrogens (tertiary/aromatic N) is 3. The molecule has 2 fully saturated rings. The zero-order valence-electron chi connectivity index (χ0n) is 16.1. The first-order valence-corrected chi connectivity index (χ1v) is 11.0. The van der Waals surface area contributed by atoms with Crippen LogP contribution in [-0.2, 0) is 12.6 Å². The Balaban J connectivity index is 1.37. The van der Waals surface area contributed by atoms with Gasteiger partial charge in [0.2, 0.25) is 0 Å². The van der Waals surface area contributed by atoms with E-state index >= 15 is 0 Å². The van der Waals surface area contributed by atoms with E-state index in [-0.39, 0.29) is 11.5 Å². The zero-order chi connectivity index (χ0) is 20.4. The number of rotatable bonds is 4. The molecule has 1 aliphatic heterocycles. The van der Waals surface area contributed by atoms with E-state index in [1.807, 2.05) is 0 Å². The van der Waals surface area contributed by atoms with Crippen LogP contribution in [0.25, 0.3) is 0 Å². The molecular formula is C21H24F3N3OS. The minimum Gasteiger partial charge on any atom is -0.339 e. The molecule has 1 aromatic heterocycles. The molecule has 0 spiro atoms. The summed E-state index contributed by atoms with van der Waals surface area (Å²) < 4.78 is 39.7. The van der Waals surface area contributed by atoms with Crippen LogP contribution in [0.4, 0.5) is 13.2 Å². The molecule has 0 bridgehead atoms. The topological polar surface area (TPSA) is 46.1 Å². The Bertz CT molecular complexity index is 853. The highest BCUT2D eigenvalue weighted by Crippen LogP contribution is 2.35. The number of carbonyl (C=O) groups is 1. The molecule has 1 saturated carbocycles. The summed E-state index contributed by atoms with van der Waals surface area (Å²) in [7, 11) is 0. The number of alkyl halides is 3. The maximum atomic E-state index is 13.2. The van der Waals surface area contributed by atoms with E-state index in [4.69, 9.17) is 0 Å². The van der Waals surface area contributed by atoms with Gasteiger partial charge in [0.15, 0.2) is 0 Å². The first-order valence-electron chi connectivity index (χ1n) is 10.2. The highest BCUT2D eigenvalue weighted by atomic mass is 32.1. The molecule has 1 saturated heterocycles. The number of amides is 1. The van der Waals surface area contributed by atoms with Crippen molar-refractivity contribution in [2.75, 3.05) is 13.1 Å². The molecule has 0 N–H and O–H groups in total. The van der Waals surface area contributed by atoms with Gasteiger partial charge in [-0.15, -0.1) is 21.5 Å². The fourth-order valence-electron chi connectivity index (χ4n) is 4.39. The van der Waals surface area contributed by atoms with Crippen LogP contribution in [0.15, 0.2) is 24.3 Å². The van der Waals surface area contributed by atoms with E-state index in [0.717, 1.165) is 28.4 Å². The number of benzene rings is 1. The van der Waals surface area contributed by atoms with Crippen molar-refractivity contribution in [3.05, 3.63) is 45.4 Å². The van der Waals surface area contributed by atoms with Gasteiger partial charge in [0.1, 0.15) is 10.0 Å². The smallest absolute Gasteiger partial charge is 0.339 e. The number of likely N-dealkylation sites (tertiary alicyclic amines) is 1. The van der Waals surface area contributed by atoms with E-state index < -0.39 is 17.6 Å². The third-order valence-electron chi connectivity index (χ3n) is 6.01. The molecule has 156 valence electrons. The van der Waals surface area contributed by atoms with Crippen molar-refractivity contribution in [2.24, 2.45) is 5.92 Å². The molecule has 2 aliphatic rings. The molecule has 0 radical (unpaired) electrons. The summed E-state index contributed by atoms with van der Waals surface area (Å²) in [4.78, 5) is 14.2. The van der Waals surface area contributed by atoms with Crippen LogP contribution in [0.2, 0.25) is 0 Å². The molecule has 0 unspecified atom stereocenters.